The Morgan fingerprint density at radius 2 is 1.87 bits per heavy atom. The van der Waals surface area contributed by atoms with Gasteiger partial charge in [-0.05, 0) is 44.0 Å². The quantitative estimate of drug-likeness (QED) is 0.902. The highest BCUT2D eigenvalue weighted by Crippen LogP contribution is 2.25. The maximum atomic E-state index is 12.8. The minimum Gasteiger partial charge on any atom is -0.378 e. The smallest absolute Gasteiger partial charge is 0.251 e. The van der Waals surface area contributed by atoms with E-state index in [-0.39, 0.29) is 36.2 Å². The molecule has 1 N–H and O–H groups in total. The van der Waals surface area contributed by atoms with E-state index in [0.29, 0.717) is 18.7 Å². The van der Waals surface area contributed by atoms with Crippen LogP contribution in [0, 0.1) is 5.82 Å². The Balaban J connectivity index is 1.73. The van der Waals surface area contributed by atoms with Crippen molar-refractivity contribution >= 4 is 11.8 Å². The van der Waals surface area contributed by atoms with E-state index in [4.69, 9.17) is 4.74 Å². The summed E-state index contributed by atoms with van der Waals surface area (Å²) in [5.41, 5.74) is 0.237. The van der Waals surface area contributed by atoms with E-state index in [0.717, 1.165) is 12.8 Å². The average Bonchev–Trinajstić information content (AvgIpc) is 2.56. The van der Waals surface area contributed by atoms with Crippen LogP contribution in [0.4, 0.5) is 4.39 Å². The molecule has 2 amide bonds. The second-order valence-electron chi connectivity index (χ2n) is 6.05. The van der Waals surface area contributed by atoms with Crippen molar-refractivity contribution in [3.8, 4) is 0 Å². The van der Waals surface area contributed by atoms with Crippen LogP contribution in [0.2, 0.25) is 0 Å². The molecule has 23 heavy (non-hydrogen) atoms. The second kappa shape index (κ2) is 7.55. The maximum absolute atomic E-state index is 12.8. The zero-order valence-electron chi connectivity index (χ0n) is 13.6. The fourth-order valence-electron chi connectivity index (χ4n) is 2.58. The van der Waals surface area contributed by atoms with Crippen molar-refractivity contribution in [3.63, 3.8) is 0 Å². The fraction of sp³-hybridized carbons (Fsp3) is 0.529. The lowest BCUT2D eigenvalue weighted by atomic mass is 9.93. The van der Waals surface area contributed by atoms with E-state index in [1.807, 2.05) is 4.90 Å². The molecule has 0 aromatic heterocycles. The number of ether oxygens (including phenoxy) is 1. The molecule has 1 aliphatic heterocycles. The number of likely N-dealkylation sites (tertiary alicyclic amines) is 1. The number of piperidine rings is 1. The number of amides is 2. The highest BCUT2D eigenvalue weighted by molar-refractivity contribution is 5.94. The largest absolute Gasteiger partial charge is 0.378 e. The van der Waals surface area contributed by atoms with Crippen molar-refractivity contribution in [2.45, 2.75) is 31.8 Å². The molecule has 1 aromatic rings. The van der Waals surface area contributed by atoms with Gasteiger partial charge in [0.25, 0.3) is 5.91 Å². The first-order valence-corrected chi connectivity index (χ1v) is 7.80. The van der Waals surface area contributed by atoms with Crippen molar-refractivity contribution in [2.24, 2.45) is 0 Å². The van der Waals surface area contributed by atoms with Gasteiger partial charge in [-0.1, -0.05) is 0 Å². The number of halogens is 1. The van der Waals surface area contributed by atoms with Crippen molar-refractivity contribution in [1.82, 2.24) is 10.2 Å². The fourth-order valence-corrected chi connectivity index (χ4v) is 2.58. The summed E-state index contributed by atoms with van der Waals surface area (Å²) in [6.45, 7) is 3.68. The summed E-state index contributed by atoms with van der Waals surface area (Å²) in [6.07, 6.45) is 1.89. The normalized spacial score (nSPS) is 16.9. The molecule has 0 unspecified atom stereocenters. The number of nitrogens with zero attached hydrogens (tertiary/aromatic N) is 1. The molecule has 1 fully saturated rings. The molecule has 0 saturated carbocycles. The molecular weight excluding hydrogens is 299 g/mol. The van der Waals surface area contributed by atoms with E-state index in [1.54, 1.807) is 7.11 Å². The van der Waals surface area contributed by atoms with Gasteiger partial charge in [0.1, 0.15) is 5.82 Å². The first-order chi connectivity index (χ1) is 10.9. The number of nitrogens with one attached hydrogen (secondary N) is 1. The second-order valence-corrected chi connectivity index (χ2v) is 6.05. The van der Waals surface area contributed by atoms with Gasteiger partial charge in [-0.3, -0.25) is 9.59 Å². The van der Waals surface area contributed by atoms with Gasteiger partial charge in [-0.15, -0.1) is 0 Å². The van der Waals surface area contributed by atoms with Gasteiger partial charge in [-0.25, -0.2) is 4.39 Å². The lowest BCUT2D eigenvalue weighted by Crippen LogP contribution is -2.46. The van der Waals surface area contributed by atoms with Gasteiger partial charge in [0, 0.05) is 38.7 Å². The van der Waals surface area contributed by atoms with Gasteiger partial charge < -0.3 is 15.0 Å². The van der Waals surface area contributed by atoms with Crippen LogP contribution in [0.5, 0.6) is 0 Å². The summed E-state index contributed by atoms with van der Waals surface area (Å²) in [5.74, 6) is -0.657. The third-order valence-corrected chi connectivity index (χ3v) is 4.40. The highest BCUT2D eigenvalue weighted by Gasteiger charge is 2.31. The summed E-state index contributed by atoms with van der Waals surface area (Å²) in [7, 11) is 1.70. The summed E-state index contributed by atoms with van der Waals surface area (Å²) in [5, 5.41) is 2.68. The van der Waals surface area contributed by atoms with E-state index < -0.39 is 0 Å². The molecular formula is C17H23FN2O3. The molecule has 5 nitrogen and oxygen atoms in total. The third-order valence-electron chi connectivity index (χ3n) is 4.40. The van der Waals surface area contributed by atoms with Crippen LogP contribution in [-0.2, 0) is 9.53 Å². The Kier molecular flexibility index (Phi) is 5.71. The maximum Gasteiger partial charge on any atom is 0.251 e. The number of rotatable bonds is 5. The van der Waals surface area contributed by atoms with Gasteiger partial charge in [0.2, 0.25) is 5.91 Å². The van der Waals surface area contributed by atoms with Gasteiger partial charge >= 0.3 is 0 Å². The number of carbonyl (C=O) groups is 2. The summed E-state index contributed by atoms with van der Waals surface area (Å²) >= 11 is 0. The van der Waals surface area contributed by atoms with Gasteiger partial charge in [0.05, 0.1) is 5.60 Å². The first-order valence-electron chi connectivity index (χ1n) is 7.80. The van der Waals surface area contributed by atoms with E-state index >= 15 is 0 Å². The number of methoxy groups -OCH3 is 1. The van der Waals surface area contributed by atoms with Crippen LogP contribution >= 0.6 is 0 Å². The number of benzene rings is 1. The van der Waals surface area contributed by atoms with Gasteiger partial charge in [-0.2, -0.15) is 0 Å². The number of hydrogen-bond donors (Lipinski definition) is 1. The molecule has 6 heteroatoms. The molecule has 1 heterocycles. The summed E-state index contributed by atoms with van der Waals surface area (Å²) in [4.78, 5) is 25.8. The minimum absolute atomic E-state index is 0.0301. The number of carbonyl (C=O) groups excluding carboxylic acids is 2. The molecule has 1 aromatic carbocycles. The Hall–Kier alpha value is -1.95. The lowest BCUT2D eigenvalue weighted by molar-refractivity contribution is -0.135. The molecule has 0 radical (unpaired) electrons. The Morgan fingerprint density at radius 3 is 2.43 bits per heavy atom. The van der Waals surface area contributed by atoms with Crippen LogP contribution < -0.4 is 5.32 Å². The van der Waals surface area contributed by atoms with E-state index in [2.05, 4.69) is 12.2 Å². The lowest BCUT2D eigenvalue weighted by Gasteiger charge is -2.38. The molecule has 0 aliphatic carbocycles. The van der Waals surface area contributed by atoms with Gasteiger partial charge in [0.15, 0.2) is 0 Å². The Labute approximate surface area is 135 Å². The van der Waals surface area contributed by atoms with Crippen LogP contribution in [0.15, 0.2) is 24.3 Å². The number of hydrogen-bond acceptors (Lipinski definition) is 3. The van der Waals surface area contributed by atoms with Crippen LogP contribution in [0.3, 0.4) is 0 Å². The monoisotopic (exact) mass is 322 g/mol. The third kappa shape index (κ3) is 4.76. The zero-order chi connectivity index (χ0) is 16.9. The molecule has 1 saturated heterocycles. The summed E-state index contributed by atoms with van der Waals surface area (Å²) in [6, 6.07) is 5.31. The van der Waals surface area contributed by atoms with Crippen LogP contribution in [0.1, 0.15) is 36.5 Å². The highest BCUT2D eigenvalue weighted by atomic mass is 19.1. The standard InChI is InChI=1S/C17H23FN2O3/c1-17(23-2)8-11-20(12-9-17)15(21)7-10-19-16(22)13-3-5-14(18)6-4-13/h3-6H,7-12H2,1-2H3,(H,19,22). The molecule has 2 rings (SSSR count). The SMILES string of the molecule is COC1(C)CCN(C(=O)CCNC(=O)c2ccc(F)cc2)CC1. The zero-order valence-corrected chi connectivity index (χ0v) is 13.6. The topological polar surface area (TPSA) is 58.6 Å². The van der Waals surface area contributed by atoms with Crippen molar-refractivity contribution < 1.29 is 18.7 Å². The Bertz CT molecular complexity index is 551. The summed E-state index contributed by atoms with van der Waals surface area (Å²) < 4.78 is 18.3. The molecule has 0 spiro atoms. The van der Waals surface area contributed by atoms with Crippen LogP contribution in [-0.4, -0.2) is 49.1 Å². The van der Waals surface area contributed by atoms with Crippen molar-refractivity contribution in [2.75, 3.05) is 26.7 Å². The van der Waals surface area contributed by atoms with Crippen LogP contribution in [0.25, 0.3) is 0 Å². The molecule has 126 valence electrons. The van der Waals surface area contributed by atoms with E-state index in [1.165, 1.54) is 24.3 Å². The predicted molar refractivity (Wildman–Crippen MR) is 84.6 cm³/mol. The molecule has 0 atom stereocenters. The molecule has 0 bridgehead atoms. The average molecular weight is 322 g/mol. The predicted octanol–water partition coefficient (Wildman–Crippen LogP) is 1.97. The first kappa shape index (κ1) is 17.4. The molecule has 1 aliphatic rings. The van der Waals surface area contributed by atoms with Crippen molar-refractivity contribution in [3.05, 3.63) is 35.6 Å². The van der Waals surface area contributed by atoms with Crippen molar-refractivity contribution in [1.29, 1.82) is 0 Å². The Morgan fingerprint density at radius 1 is 1.26 bits per heavy atom. The van der Waals surface area contributed by atoms with E-state index in [9.17, 15) is 14.0 Å². The minimum atomic E-state index is -0.384.